The van der Waals surface area contributed by atoms with Crippen molar-refractivity contribution in [2.75, 3.05) is 30.8 Å². The summed E-state index contributed by atoms with van der Waals surface area (Å²) in [7, 11) is 1.65. The standard InChI is InChI=1S/C14H22N2O/c1-4-14(5-2)9-16(10-14)11-6-7-13(17-3)12(15)8-11/h6-8H,4-5,9-10,15H2,1-3H3. The summed E-state index contributed by atoms with van der Waals surface area (Å²) < 4.78 is 5.17. The molecule has 1 aromatic carbocycles. The van der Waals surface area contributed by atoms with Gasteiger partial charge in [0, 0.05) is 24.2 Å². The third-order valence-electron chi connectivity index (χ3n) is 4.13. The van der Waals surface area contributed by atoms with E-state index in [0.717, 1.165) is 24.5 Å². The summed E-state index contributed by atoms with van der Waals surface area (Å²) in [6.45, 7) is 6.85. The molecule has 1 saturated heterocycles. The SMILES string of the molecule is CCC1(CC)CN(c2ccc(OC)c(N)c2)C1. The minimum atomic E-state index is 0.523. The van der Waals surface area contributed by atoms with Crippen molar-refractivity contribution in [1.82, 2.24) is 0 Å². The summed E-state index contributed by atoms with van der Waals surface area (Å²) >= 11 is 0. The molecule has 0 amide bonds. The Labute approximate surface area is 104 Å². The fraction of sp³-hybridized carbons (Fsp3) is 0.571. The van der Waals surface area contributed by atoms with Crippen LogP contribution in [0.25, 0.3) is 0 Å². The number of nitrogens with two attached hydrogens (primary N) is 1. The summed E-state index contributed by atoms with van der Waals surface area (Å²) in [5.41, 5.74) is 8.38. The fourth-order valence-corrected chi connectivity index (χ4v) is 2.56. The Morgan fingerprint density at radius 1 is 1.29 bits per heavy atom. The normalized spacial score (nSPS) is 17.7. The molecule has 0 spiro atoms. The molecular weight excluding hydrogens is 212 g/mol. The van der Waals surface area contributed by atoms with Gasteiger partial charge in [-0.2, -0.15) is 0 Å². The second-order valence-electron chi connectivity index (χ2n) is 4.99. The molecule has 0 saturated carbocycles. The van der Waals surface area contributed by atoms with Gasteiger partial charge in [-0.25, -0.2) is 0 Å². The highest BCUT2D eigenvalue weighted by atomic mass is 16.5. The van der Waals surface area contributed by atoms with Crippen LogP contribution < -0.4 is 15.4 Å². The van der Waals surface area contributed by atoms with Crippen LogP contribution in [0.3, 0.4) is 0 Å². The topological polar surface area (TPSA) is 38.5 Å². The van der Waals surface area contributed by atoms with Crippen molar-refractivity contribution < 1.29 is 4.74 Å². The van der Waals surface area contributed by atoms with Gasteiger partial charge in [0.25, 0.3) is 0 Å². The third-order valence-corrected chi connectivity index (χ3v) is 4.13. The maximum atomic E-state index is 5.93. The van der Waals surface area contributed by atoms with Crippen molar-refractivity contribution in [3.8, 4) is 5.75 Å². The first-order valence-electron chi connectivity index (χ1n) is 6.32. The number of hydrogen-bond acceptors (Lipinski definition) is 3. The second-order valence-corrected chi connectivity index (χ2v) is 4.99. The Balaban J connectivity index is 2.09. The molecule has 0 radical (unpaired) electrons. The lowest BCUT2D eigenvalue weighted by molar-refractivity contribution is 0.194. The van der Waals surface area contributed by atoms with Crippen molar-refractivity contribution >= 4 is 11.4 Å². The van der Waals surface area contributed by atoms with Crippen LogP contribution in [-0.4, -0.2) is 20.2 Å². The Hall–Kier alpha value is -1.38. The average molecular weight is 234 g/mol. The van der Waals surface area contributed by atoms with E-state index in [1.54, 1.807) is 7.11 Å². The number of hydrogen-bond donors (Lipinski definition) is 1. The monoisotopic (exact) mass is 234 g/mol. The number of benzene rings is 1. The van der Waals surface area contributed by atoms with Gasteiger partial charge in [-0.3, -0.25) is 0 Å². The molecule has 3 nitrogen and oxygen atoms in total. The van der Waals surface area contributed by atoms with Crippen LogP contribution in [0, 0.1) is 5.41 Å². The van der Waals surface area contributed by atoms with Gasteiger partial charge in [-0.1, -0.05) is 13.8 Å². The fourth-order valence-electron chi connectivity index (χ4n) is 2.56. The maximum absolute atomic E-state index is 5.93. The molecule has 94 valence electrons. The van der Waals surface area contributed by atoms with Crippen LogP contribution >= 0.6 is 0 Å². The van der Waals surface area contributed by atoms with Crippen molar-refractivity contribution in [3.63, 3.8) is 0 Å². The molecule has 0 aromatic heterocycles. The molecule has 3 heteroatoms. The van der Waals surface area contributed by atoms with Crippen molar-refractivity contribution in [2.24, 2.45) is 5.41 Å². The molecule has 0 unspecified atom stereocenters. The van der Waals surface area contributed by atoms with Crippen LogP contribution in [-0.2, 0) is 0 Å². The molecule has 1 aliphatic rings. The largest absolute Gasteiger partial charge is 0.495 e. The summed E-state index contributed by atoms with van der Waals surface area (Å²) in [6, 6.07) is 6.04. The zero-order valence-electron chi connectivity index (χ0n) is 11.0. The Kier molecular flexibility index (Phi) is 3.18. The van der Waals surface area contributed by atoms with Crippen LogP contribution in [0.2, 0.25) is 0 Å². The Bertz CT molecular complexity index is 391. The average Bonchev–Trinajstić information content (AvgIpc) is 2.29. The van der Waals surface area contributed by atoms with Crippen molar-refractivity contribution in [1.29, 1.82) is 0 Å². The van der Waals surface area contributed by atoms with E-state index < -0.39 is 0 Å². The third kappa shape index (κ3) is 2.06. The molecular formula is C14H22N2O. The van der Waals surface area contributed by atoms with E-state index >= 15 is 0 Å². The molecule has 1 aliphatic heterocycles. The van der Waals surface area contributed by atoms with E-state index in [9.17, 15) is 0 Å². The van der Waals surface area contributed by atoms with Crippen LogP contribution in [0.4, 0.5) is 11.4 Å². The predicted octanol–water partition coefficient (Wildman–Crippen LogP) is 2.90. The highest BCUT2D eigenvalue weighted by Crippen LogP contribution is 2.41. The maximum Gasteiger partial charge on any atom is 0.141 e. The molecule has 0 atom stereocenters. The molecule has 1 fully saturated rings. The predicted molar refractivity (Wildman–Crippen MR) is 72.6 cm³/mol. The summed E-state index contributed by atoms with van der Waals surface area (Å²) in [5.74, 6) is 0.756. The van der Waals surface area contributed by atoms with E-state index in [1.165, 1.54) is 18.5 Å². The number of nitrogens with zero attached hydrogens (tertiary/aromatic N) is 1. The zero-order chi connectivity index (χ0) is 12.5. The van der Waals surface area contributed by atoms with E-state index in [4.69, 9.17) is 10.5 Å². The van der Waals surface area contributed by atoms with E-state index in [-0.39, 0.29) is 0 Å². The molecule has 0 bridgehead atoms. The number of rotatable bonds is 4. The molecule has 0 aliphatic carbocycles. The van der Waals surface area contributed by atoms with Gasteiger partial charge in [-0.05, 0) is 31.0 Å². The first kappa shape index (κ1) is 12.1. The van der Waals surface area contributed by atoms with Crippen LogP contribution in [0.1, 0.15) is 26.7 Å². The molecule has 1 aromatic rings. The van der Waals surface area contributed by atoms with Crippen LogP contribution in [0.5, 0.6) is 5.75 Å². The van der Waals surface area contributed by atoms with E-state index in [2.05, 4.69) is 24.8 Å². The number of methoxy groups -OCH3 is 1. The minimum absolute atomic E-state index is 0.523. The van der Waals surface area contributed by atoms with Gasteiger partial charge in [0.05, 0.1) is 12.8 Å². The van der Waals surface area contributed by atoms with Gasteiger partial charge in [0.15, 0.2) is 0 Å². The summed E-state index contributed by atoms with van der Waals surface area (Å²) in [5, 5.41) is 0. The number of anilines is 2. The highest BCUT2D eigenvalue weighted by Gasteiger charge is 2.39. The van der Waals surface area contributed by atoms with E-state index in [0.29, 0.717) is 5.41 Å². The highest BCUT2D eigenvalue weighted by molar-refractivity contribution is 5.64. The molecule has 17 heavy (non-hydrogen) atoms. The molecule has 1 heterocycles. The van der Waals surface area contributed by atoms with Crippen molar-refractivity contribution in [3.05, 3.63) is 18.2 Å². The molecule has 2 rings (SSSR count). The van der Waals surface area contributed by atoms with Gasteiger partial charge >= 0.3 is 0 Å². The van der Waals surface area contributed by atoms with E-state index in [1.807, 2.05) is 12.1 Å². The van der Waals surface area contributed by atoms with Crippen LogP contribution in [0.15, 0.2) is 18.2 Å². The summed E-state index contributed by atoms with van der Waals surface area (Å²) in [6.07, 6.45) is 2.51. The first-order valence-corrected chi connectivity index (χ1v) is 6.32. The smallest absolute Gasteiger partial charge is 0.141 e. The quantitative estimate of drug-likeness (QED) is 0.814. The van der Waals surface area contributed by atoms with Gasteiger partial charge < -0.3 is 15.4 Å². The first-order chi connectivity index (χ1) is 8.14. The molecule has 2 N–H and O–H groups in total. The van der Waals surface area contributed by atoms with Crippen molar-refractivity contribution in [2.45, 2.75) is 26.7 Å². The Morgan fingerprint density at radius 2 is 1.94 bits per heavy atom. The zero-order valence-corrected chi connectivity index (χ0v) is 11.0. The van der Waals surface area contributed by atoms with Gasteiger partial charge in [0.2, 0.25) is 0 Å². The second kappa shape index (κ2) is 4.47. The number of nitrogen functional groups attached to an aromatic ring is 1. The lowest BCUT2D eigenvalue weighted by Gasteiger charge is -2.51. The van der Waals surface area contributed by atoms with Gasteiger partial charge in [0.1, 0.15) is 5.75 Å². The lowest BCUT2D eigenvalue weighted by Crippen LogP contribution is -2.55. The number of ether oxygens (including phenoxy) is 1. The summed E-state index contributed by atoms with van der Waals surface area (Å²) in [4.78, 5) is 2.39. The minimum Gasteiger partial charge on any atom is -0.495 e. The lowest BCUT2D eigenvalue weighted by atomic mass is 9.75. The van der Waals surface area contributed by atoms with Gasteiger partial charge in [-0.15, -0.1) is 0 Å². The Morgan fingerprint density at radius 3 is 2.41 bits per heavy atom.